The number of aliphatic hydroxyl groups excluding tert-OH is 1. The van der Waals surface area contributed by atoms with Crippen molar-refractivity contribution < 1.29 is 24.6 Å². The van der Waals surface area contributed by atoms with E-state index in [-0.39, 0.29) is 31.4 Å². The number of fused-ring (bicyclic) bond motifs is 1. The van der Waals surface area contributed by atoms with Crippen LogP contribution in [0.4, 0.5) is 0 Å². The number of aliphatic hydroxyl groups is 1. The van der Waals surface area contributed by atoms with Crippen molar-refractivity contribution in [3.8, 4) is 11.8 Å². The fourth-order valence-electron chi connectivity index (χ4n) is 2.63. The van der Waals surface area contributed by atoms with E-state index < -0.39 is 11.2 Å². The Morgan fingerprint density at radius 2 is 2.33 bits per heavy atom. The van der Waals surface area contributed by atoms with Gasteiger partial charge in [0.15, 0.2) is 0 Å². The van der Waals surface area contributed by atoms with Gasteiger partial charge in [-0.05, 0) is 24.1 Å². The van der Waals surface area contributed by atoms with Crippen LogP contribution in [0.1, 0.15) is 12.5 Å². The summed E-state index contributed by atoms with van der Waals surface area (Å²) in [6, 6.07) is 7.47. The molecule has 1 aromatic heterocycles. The monoisotopic (exact) mass is 437 g/mol. The van der Waals surface area contributed by atoms with Crippen LogP contribution in [0.5, 0.6) is 5.75 Å². The van der Waals surface area contributed by atoms with Crippen LogP contribution in [0, 0.1) is 21.4 Å². The lowest BCUT2D eigenvalue weighted by Crippen LogP contribution is -2.36. The van der Waals surface area contributed by atoms with Gasteiger partial charge in [-0.15, -0.1) is 10.1 Å². The van der Waals surface area contributed by atoms with Crippen molar-refractivity contribution in [2.24, 2.45) is 0 Å². The van der Waals surface area contributed by atoms with Gasteiger partial charge in [-0.3, -0.25) is 9.10 Å². The van der Waals surface area contributed by atoms with Gasteiger partial charge >= 0.3 is 0 Å². The van der Waals surface area contributed by atoms with Crippen LogP contribution in [0.15, 0.2) is 24.4 Å². The highest BCUT2D eigenvalue weighted by molar-refractivity contribution is 7.97. The minimum atomic E-state index is -0.874. The molecule has 12 heteroatoms. The molecule has 1 amide bonds. The quantitative estimate of drug-likeness (QED) is 0.181. The van der Waals surface area contributed by atoms with Crippen molar-refractivity contribution in [2.45, 2.75) is 13.0 Å². The molecule has 1 aromatic carbocycles. The van der Waals surface area contributed by atoms with E-state index in [9.17, 15) is 25.3 Å². The van der Waals surface area contributed by atoms with Crippen LogP contribution in [-0.4, -0.2) is 70.1 Å². The first-order valence-electron chi connectivity index (χ1n) is 9.12. The molecule has 0 aliphatic carbocycles. The highest BCUT2D eigenvalue weighted by Crippen LogP contribution is 2.28. The summed E-state index contributed by atoms with van der Waals surface area (Å²) in [6.07, 6.45) is 0.814. The van der Waals surface area contributed by atoms with Crippen LogP contribution < -0.4 is 10.1 Å². The molecule has 0 bridgehead atoms. The normalized spacial score (nSPS) is 11.6. The summed E-state index contributed by atoms with van der Waals surface area (Å²) in [5, 5.41) is 32.3. The minimum Gasteiger partial charge on any atom is -0.490 e. The molecule has 30 heavy (non-hydrogen) atoms. The molecule has 0 saturated heterocycles. The maximum Gasteiger partial charge on any atom is 0.294 e. The van der Waals surface area contributed by atoms with Crippen molar-refractivity contribution in [2.75, 3.05) is 38.6 Å². The molecular weight excluding hydrogens is 414 g/mol. The molecule has 1 unspecified atom stereocenters. The highest BCUT2D eigenvalue weighted by Gasteiger charge is 2.13. The SMILES string of the molecule is CC(=O)N(CCNCC(O)COc1cccc2[nH]cc(C#N)c12)SCCO[N+](=O)[O-]. The Balaban J connectivity index is 1.71. The predicted octanol–water partition coefficient (Wildman–Crippen LogP) is 1.07. The Kier molecular flexibility index (Phi) is 9.20. The van der Waals surface area contributed by atoms with Crippen LogP contribution in [0.25, 0.3) is 10.9 Å². The molecule has 162 valence electrons. The fourth-order valence-corrected chi connectivity index (χ4v) is 3.40. The summed E-state index contributed by atoms with van der Waals surface area (Å²) in [5.41, 5.74) is 1.25. The first-order valence-corrected chi connectivity index (χ1v) is 10.1. The zero-order chi connectivity index (χ0) is 21.9. The molecular formula is C18H23N5O6S. The van der Waals surface area contributed by atoms with Crippen molar-refractivity contribution in [1.82, 2.24) is 14.6 Å². The molecule has 0 spiro atoms. The van der Waals surface area contributed by atoms with Gasteiger partial charge in [0.25, 0.3) is 5.09 Å². The molecule has 0 aliphatic heterocycles. The van der Waals surface area contributed by atoms with Crippen molar-refractivity contribution in [1.29, 1.82) is 5.26 Å². The van der Waals surface area contributed by atoms with Gasteiger partial charge in [-0.2, -0.15) is 5.26 Å². The van der Waals surface area contributed by atoms with Crippen LogP contribution >= 0.6 is 11.9 Å². The van der Waals surface area contributed by atoms with Gasteiger partial charge < -0.3 is 25.0 Å². The van der Waals surface area contributed by atoms with E-state index in [1.807, 2.05) is 6.07 Å². The van der Waals surface area contributed by atoms with Gasteiger partial charge in [0.05, 0.1) is 16.5 Å². The second-order valence-electron chi connectivity index (χ2n) is 6.17. The van der Waals surface area contributed by atoms with Gasteiger partial charge in [-0.25, -0.2) is 0 Å². The lowest BCUT2D eigenvalue weighted by molar-refractivity contribution is -0.756. The van der Waals surface area contributed by atoms with E-state index in [0.717, 1.165) is 17.5 Å². The zero-order valence-corrected chi connectivity index (χ0v) is 17.2. The number of carbonyl (C=O) groups is 1. The molecule has 0 saturated carbocycles. The second kappa shape index (κ2) is 11.9. The van der Waals surface area contributed by atoms with E-state index >= 15 is 0 Å². The summed E-state index contributed by atoms with van der Waals surface area (Å²) >= 11 is 1.14. The summed E-state index contributed by atoms with van der Waals surface area (Å²) in [4.78, 5) is 28.9. The number of hydrogen-bond acceptors (Lipinski definition) is 9. The van der Waals surface area contributed by atoms with Crippen LogP contribution in [0.2, 0.25) is 0 Å². The number of hydrogen-bond donors (Lipinski definition) is 3. The van der Waals surface area contributed by atoms with E-state index in [4.69, 9.17) is 4.74 Å². The van der Waals surface area contributed by atoms with Crippen LogP contribution in [0.3, 0.4) is 0 Å². The van der Waals surface area contributed by atoms with E-state index in [2.05, 4.69) is 21.2 Å². The number of amides is 1. The molecule has 0 radical (unpaired) electrons. The second-order valence-corrected chi connectivity index (χ2v) is 7.28. The Morgan fingerprint density at radius 3 is 3.03 bits per heavy atom. The van der Waals surface area contributed by atoms with E-state index in [1.165, 1.54) is 11.2 Å². The molecule has 0 aliphatic rings. The van der Waals surface area contributed by atoms with Crippen molar-refractivity contribution in [3.63, 3.8) is 0 Å². The summed E-state index contributed by atoms with van der Waals surface area (Å²) < 4.78 is 7.15. The smallest absolute Gasteiger partial charge is 0.294 e. The number of rotatable bonds is 13. The summed E-state index contributed by atoms with van der Waals surface area (Å²) in [7, 11) is 0. The highest BCUT2D eigenvalue weighted by atomic mass is 32.2. The standard InChI is InChI=1S/C18H23N5O6S/c1-13(24)22(30-8-7-29-23(26)27)6-5-20-11-15(25)12-28-17-4-2-3-16-18(17)14(9-19)10-21-16/h2-4,10,15,20-21,25H,5-8,11-12H2,1H3. The average molecular weight is 437 g/mol. The number of nitriles is 1. The third-order valence-corrected chi connectivity index (χ3v) is 5.07. The Labute approximate surface area is 177 Å². The minimum absolute atomic E-state index is 0.0333. The van der Waals surface area contributed by atoms with E-state index in [0.29, 0.717) is 29.8 Å². The fraction of sp³-hybridized carbons (Fsp3) is 0.444. The number of aromatic amines is 1. The number of aromatic nitrogens is 1. The number of H-pyrrole nitrogens is 1. The lowest BCUT2D eigenvalue weighted by Gasteiger charge is -2.20. The van der Waals surface area contributed by atoms with E-state index in [1.54, 1.807) is 18.3 Å². The number of nitrogens with zero attached hydrogens (tertiary/aromatic N) is 3. The Hall–Kier alpha value is -3.01. The Bertz CT molecular complexity index is 899. The first kappa shape index (κ1) is 23.3. The topological polar surface area (TPSA) is 154 Å². The summed E-state index contributed by atoms with van der Waals surface area (Å²) in [6.45, 7) is 2.36. The molecule has 1 atom stereocenters. The van der Waals surface area contributed by atoms with Gasteiger partial charge in [0, 0.05) is 38.5 Å². The first-order chi connectivity index (χ1) is 14.4. The van der Waals surface area contributed by atoms with Gasteiger partial charge in [0.2, 0.25) is 5.91 Å². The molecule has 11 nitrogen and oxygen atoms in total. The average Bonchev–Trinajstić information content (AvgIpc) is 3.14. The molecule has 2 aromatic rings. The third-order valence-electron chi connectivity index (χ3n) is 3.97. The number of ether oxygens (including phenoxy) is 1. The number of nitrogens with one attached hydrogen (secondary N) is 2. The van der Waals surface area contributed by atoms with Gasteiger partial charge in [0.1, 0.15) is 31.1 Å². The van der Waals surface area contributed by atoms with Crippen molar-refractivity contribution >= 4 is 28.8 Å². The number of benzene rings is 1. The molecule has 2 rings (SSSR count). The third kappa shape index (κ3) is 7.11. The number of carbonyl (C=O) groups excluding carboxylic acids is 1. The molecule has 1 heterocycles. The molecule has 0 fully saturated rings. The lowest BCUT2D eigenvalue weighted by atomic mass is 10.1. The Morgan fingerprint density at radius 1 is 1.53 bits per heavy atom. The van der Waals surface area contributed by atoms with Gasteiger partial charge in [-0.1, -0.05) is 6.07 Å². The van der Waals surface area contributed by atoms with Crippen molar-refractivity contribution in [3.05, 3.63) is 40.1 Å². The zero-order valence-electron chi connectivity index (χ0n) is 16.4. The maximum absolute atomic E-state index is 11.6. The summed E-state index contributed by atoms with van der Waals surface area (Å²) in [5.74, 6) is 0.604. The maximum atomic E-state index is 11.6. The predicted molar refractivity (Wildman–Crippen MR) is 110 cm³/mol. The largest absolute Gasteiger partial charge is 0.490 e. The van der Waals surface area contributed by atoms with Crippen LogP contribution in [-0.2, 0) is 9.63 Å². The molecule has 3 N–H and O–H groups in total.